The van der Waals surface area contributed by atoms with Gasteiger partial charge in [0.05, 0.1) is 17.4 Å². The largest absolute Gasteiger partial charge is 0.422 e. The van der Waals surface area contributed by atoms with Crippen molar-refractivity contribution >= 4 is 10.9 Å². The molecule has 4 heterocycles. The quantitative estimate of drug-likeness (QED) is 0.426. The van der Waals surface area contributed by atoms with Crippen LogP contribution in [0.25, 0.3) is 33.5 Å². The van der Waals surface area contributed by atoms with Crippen LogP contribution in [0.4, 0.5) is 13.2 Å². The number of fused-ring (bicyclic) bond motifs is 1. The van der Waals surface area contributed by atoms with Gasteiger partial charge in [-0.2, -0.15) is 18.3 Å². The predicted molar refractivity (Wildman–Crippen MR) is 84.9 cm³/mol. The molecule has 9 heteroatoms. The van der Waals surface area contributed by atoms with Crippen LogP contribution in [-0.4, -0.2) is 25.4 Å². The Balaban J connectivity index is 1.85. The standard InChI is InChI=1S/C17H10F3N5O/c18-17(19,20)11-3-4-15(25(26)9-11)16-12-6-13(10-2-1-5-21-7-10)22-8-14(12)23-24-16/h1-9,26H/p+1. The second-order valence-corrected chi connectivity index (χ2v) is 5.57. The normalized spacial score (nSPS) is 11.8. The number of aromatic amines is 1. The zero-order chi connectivity index (χ0) is 18.3. The highest BCUT2D eigenvalue weighted by atomic mass is 19.4. The highest BCUT2D eigenvalue weighted by Crippen LogP contribution is 2.31. The number of nitrogens with one attached hydrogen (secondary N) is 1. The molecule has 0 bridgehead atoms. The number of hydrogen-bond donors (Lipinski definition) is 2. The summed E-state index contributed by atoms with van der Waals surface area (Å²) in [5.41, 5.74) is 1.47. The van der Waals surface area contributed by atoms with Crippen molar-refractivity contribution in [2.24, 2.45) is 0 Å². The van der Waals surface area contributed by atoms with E-state index in [0.717, 1.165) is 11.6 Å². The summed E-state index contributed by atoms with van der Waals surface area (Å²) in [5, 5.41) is 17.5. The fourth-order valence-corrected chi connectivity index (χ4v) is 2.63. The number of rotatable bonds is 2. The van der Waals surface area contributed by atoms with Gasteiger partial charge in [-0.3, -0.25) is 20.3 Å². The fourth-order valence-electron chi connectivity index (χ4n) is 2.63. The summed E-state index contributed by atoms with van der Waals surface area (Å²) >= 11 is 0. The third kappa shape index (κ3) is 2.73. The van der Waals surface area contributed by atoms with E-state index in [1.54, 1.807) is 30.7 Å². The van der Waals surface area contributed by atoms with Crippen molar-refractivity contribution in [3.8, 4) is 22.6 Å². The Kier molecular flexibility index (Phi) is 3.57. The maximum absolute atomic E-state index is 12.8. The van der Waals surface area contributed by atoms with Gasteiger partial charge >= 0.3 is 6.18 Å². The Morgan fingerprint density at radius 1 is 1.12 bits per heavy atom. The molecule has 0 aliphatic carbocycles. The average Bonchev–Trinajstić information content (AvgIpc) is 3.04. The van der Waals surface area contributed by atoms with Gasteiger partial charge in [0.1, 0.15) is 5.56 Å². The number of halogens is 3. The molecule has 0 fully saturated rings. The molecule has 0 aliphatic rings. The van der Waals surface area contributed by atoms with E-state index in [1.807, 2.05) is 6.07 Å². The first-order chi connectivity index (χ1) is 12.4. The summed E-state index contributed by atoms with van der Waals surface area (Å²) in [6.07, 6.45) is 0.924. The van der Waals surface area contributed by atoms with Crippen LogP contribution in [0.5, 0.6) is 0 Å². The molecule has 0 unspecified atom stereocenters. The molecule has 0 amide bonds. The Bertz CT molecular complexity index is 1090. The van der Waals surface area contributed by atoms with Gasteiger partial charge in [-0.15, -0.1) is 0 Å². The van der Waals surface area contributed by atoms with Crippen LogP contribution in [0.2, 0.25) is 0 Å². The number of H-pyrrole nitrogens is 1. The highest BCUT2D eigenvalue weighted by molar-refractivity contribution is 5.93. The van der Waals surface area contributed by atoms with E-state index >= 15 is 0 Å². The van der Waals surface area contributed by atoms with E-state index in [0.29, 0.717) is 33.2 Å². The average molecular weight is 358 g/mol. The molecule has 4 aromatic heterocycles. The van der Waals surface area contributed by atoms with E-state index in [4.69, 9.17) is 0 Å². The van der Waals surface area contributed by atoms with Crippen molar-refractivity contribution in [3.05, 3.63) is 60.7 Å². The molecule has 4 aromatic rings. The fraction of sp³-hybridized carbons (Fsp3) is 0.0588. The second kappa shape index (κ2) is 5.80. The summed E-state index contributed by atoms with van der Waals surface area (Å²) in [4.78, 5) is 8.37. The molecule has 0 radical (unpaired) electrons. The predicted octanol–water partition coefficient (Wildman–Crippen LogP) is 3.23. The molecule has 0 saturated heterocycles. The molecule has 26 heavy (non-hydrogen) atoms. The Morgan fingerprint density at radius 3 is 2.65 bits per heavy atom. The van der Waals surface area contributed by atoms with Gasteiger partial charge in [0.25, 0.3) is 5.69 Å². The van der Waals surface area contributed by atoms with Crippen LogP contribution in [0.15, 0.2) is 55.1 Å². The van der Waals surface area contributed by atoms with E-state index in [2.05, 4.69) is 20.2 Å². The molecular formula is C17H11F3N5O+. The Hall–Kier alpha value is -3.49. The van der Waals surface area contributed by atoms with Crippen molar-refractivity contribution in [1.82, 2.24) is 20.2 Å². The van der Waals surface area contributed by atoms with Crippen LogP contribution in [0.3, 0.4) is 0 Å². The smallest absolute Gasteiger partial charge is 0.284 e. The first kappa shape index (κ1) is 16.0. The van der Waals surface area contributed by atoms with Gasteiger partial charge in [-0.25, -0.2) is 0 Å². The molecule has 6 nitrogen and oxygen atoms in total. The number of aromatic nitrogens is 5. The molecular weight excluding hydrogens is 347 g/mol. The van der Waals surface area contributed by atoms with Crippen molar-refractivity contribution < 1.29 is 23.1 Å². The topological polar surface area (TPSA) is 78.6 Å². The summed E-state index contributed by atoms with van der Waals surface area (Å²) in [5.74, 6) is 0. The summed E-state index contributed by atoms with van der Waals surface area (Å²) in [6.45, 7) is 0. The number of pyridine rings is 3. The summed E-state index contributed by atoms with van der Waals surface area (Å²) in [7, 11) is 0. The maximum atomic E-state index is 12.8. The van der Waals surface area contributed by atoms with E-state index in [9.17, 15) is 18.4 Å². The van der Waals surface area contributed by atoms with Gasteiger partial charge in [0.2, 0.25) is 6.20 Å². The van der Waals surface area contributed by atoms with E-state index in [-0.39, 0.29) is 5.69 Å². The van der Waals surface area contributed by atoms with Crippen LogP contribution < -0.4 is 4.73 Å². The van der Waals surface area contributed by atoms with Gasteiger partial charge < -0.3 is 0 Å². The molecule has 0 saturated carbocycles. The lowest BCUT2D eigenvalue weighted by atomic mass is 10.1. The summed E-state index contributed by atoms with van der Waals surface area (Å²) in [6, 6.07) is 7.41. The molecule has 2 N–H and O–H groups in total. The maximum Gasteiger partial charge on any atom is 0.422 e. The zero-order valence-corrected chi connectivity index (χ0v) is 13.1. The van der Waals surface area contributed by atoms with Crippen molar-refractivity contribution in [2.75, 3.05) is 0 Å². The number of alkyl halides is 3. The van der Waals surface area contributed by atoms with Crippen LogP contribution in [0.1, 0.15) is 5.56 Å². The number of nitrogens with zero attached hydrogens (tertiary/aromatic N) is 4. The van der Waals surface area contributed by atoms with Gasteiger partial charge in [-0.1, -0.05) is 0 Å². The third-order valence-corrected chi connectivity index (χ3v) is 3.90. The van der Waals surface area contributed by atoms with Crippen molar-refractivity contribution in [3.63, 3.8) is 0 Å². The first-order valence-electron chi connectivity index (χ1n) is 7.50. The zero-order valence-electron chi connectivity index (χ0n) is 13.1. The molecule has 130 valence electrons. The molecule has 0 aliphatic heterocycles. The highest BCUT2D eigenvalue weighted by Gasteiger charge is 2.35. The lowest BCUT2D eigenvalue weighted by molar-refractivity contribution is -0.896. The minimum absolute atomic E-state index is 0.118. The number of hydrogen-bond acceptors (Lipinski definition) is 4. The Morgan fingerprint density at radius 2 is 1.96 bits per heavy atom. The molecule has 4 rings (SSSR count). The van der Waals surface area contributed by atoms with Gasteiger partial charge in [0.15, 0.2) is 5.69 Å². The van der Waals surface area contributed by atoms with Crippen molar-refractivity contribution in [2.45, 2.75) is 6.18 Å². The van der Waals surface area contributed by atoms with Crippen LogP contribution in [-0.2, 0) is 6.18 Å². The van der Waals surface area contributed by atoms with Crippen molar-refractivity contribution in [1.29, 1.82) is 0 Å². The lowest BCUT2D eigenvalue weighted by Gasteiger charge is -2.04. The summed E-state index contributed by atoms with van der Waals surface area (Å²) < 4.78 is 38.7. The van der Waals surface area contributed by atoms with E-state index < -0.39 is 11.7 Å². The molecule has 0 aromatic carbocycles. The van der Waals surface area contributed by atoms with E-state index in [1.165, 1.54) is 6.07 Å². The monoisotopic (exact) mass is 358 g/mol. The SMILES string of the molecule is O[n+]1cc(C(F)(F)F)ccc1-c1n[nH]c2cnc(-c3cccnc3)cc12. The first-order valence-corrected chi connectivity index (χ1v) is 7.50. The molecule has 0 atom stereocenters. The minimum atomic E-state index is -4.55. The Labute approximate surface area is 144 Å². The van der Waals surface area contributed by atoms with Gasteiger partial charge in [0, 0.05) is 34.1 Å². The molecule has 0 spiro atoms. The minimum Gasteiger partial charge on any atom is -0.284 e. The van der Waals surface area contributed by atoms with Gasteiger partial charge in [-0.05, 0) is 24.3 Å². The third-order valence-electron chi connectivity index (χ3n) is 3.90. The lowest BCUT2D eigenvalue weighted by Crippen LogP contribution is -2.34. The van der Waals surface area contributed by atoms with Crippen LogP contribution >= 0.6 is 0 Å². The van der Waals surface area contributed by atoms with Crippen LogP contribution in [0, 0.1) is 0 Å². The second-order valence-electron chi connectivity index (χ2n) is 5.57.